The molecule has 9 nitrogen and oxygen atoms in total. The number of nitrogens with one attached hydrogen (secondary N) is 1. The second kappa shape index (κ2) is 9.20. The Morgan fingerprint density at radius 1 is 1.17 bits per heavy atom. The molecule has 3 N–H and O–H groups in total. The van der Waals surface area contributed by atoms with Gasteiger partial charge in [-0.15, -0.1) is 11.3 Å². The maximum Gasteiger partial charge on any atom is 0.316 e. The summed E-state index contributed by atoms with van der Waals surface area (Å²) in [7, 11) is 0. The van der Waals surface area contributed by atoms with Crippen LogP contribution in [0, 0.1) is 0 Å². The van der Waals surface area contributed by atoms with Crippen molar-refractivity contribution < 1.29 is 9.53 Å². The van der Waals surface area contributed by atoms with Crippen molar-refractivity contribution >= 4 is 68.5 Å². The highest BCUT2D eigenvalue weighted by atomic mass is 35.5. The lowest BCUT2D eigenvalue weighted by molar-refractivity contribution is -0.141. The van der Waals surface area contributed by atoms with E-state index in [4.69, 9.17) is 22.1 Å². The van der Waals surface area contributed by atoms with Gasteiger partial charge < -0.3 is 15.8 Å². The van der Waals surface area contributed by atoms with Gasteiger partial charge in [0.2, 0.25) is 11.9 Å². The molecule has 3 aromatic heterocycles. The molecule has 0 aliphatic rings. The average Bonchev–Trinajstić information content (AvgIpc) is 3.21. The number of nitrogens with two attached hydrogens (primary N) is 1. The van der Waals surface area contributed by atoms with Crippen molar-refractivity contribution in [3.8, 4) is 0 Å². The summed E-state index contributed by atoms with van der Waals surface area (Å²) in [4.78, 5) is 33.7. The molecule has 4 aromatic rings. The molecule has 0 aliphatic carbocycles. The lowest BCUT2D eigenvalue weighted by Crippen LogP contribution is -2.12. The van der Waals surface area contributed by atoms with Crippen LogP contribution in [0.5, 0.6) is 0 Å². The van der Waals surface area contributed by atoms with Gasteiger partial charge in [-0.3, -0.25) is 4.79 Å². The Bertz CT molecular complexity index is 1190. The number of esters is 1. The summed E-state index contributed by atoms with van der Waals surface area (Å²) >= 11 is 8.68. The highest BCUT2D eigenvalue weighted by Crippen LogP contribution is 2.27. The molecular weight excluding hydrogens is 446 g/mol. The van der Waals surface area contributed by atoms with Crippen molar-refractivity contribution in [2.75, 3.05) is 16.8 Å². The van der Waals surface area contributed by atoms with Crippen LogP contribution in [0.25, 0.3) is 10.2 Å². The quantitative estimate of drug-likeness (QED) is 0.240. The van der Waals surface area contributed by atoms with E-state index in [9.17, 15) is 4.79 Å². The Kier molecular flexibility index (Phi) is 6.21. The van der Waals surface area contributed by atoms with Crippen LogP contribution >= 0.6 is 34.7 Å². The smallest absolute Gasteiger partial charge is 0.316 e. The van der Waals surface area contributed by atoms with Gasteiger partial charge in [0, 0.05) is 16.1 Å². The predicted molar refractivity (Wildman–Crippen MR) is 117 cm³/mol. The van der Waals surface area contributed by atoms with Crippen LogP contribution in [0.2, 0.25) is 5.02 Å². The standard InChI is InChI=1S/C18H14ClN7O2S2/c19-10-1-3-11(4-2-10)23-18-25-13(24-17(20)26-18)7-28-14(27)8-30-16-12-5-6-29-15(12)21-9-22-16/h1-6,9H,7-8H2,(H3,20,23,24,25,26). The normalized spacial score (nSPS) is 10.8. The van der Waals surface area contributed by atoms with Gasteiger partial charge in [0.1, 0.15) is 16.2 Å². The molecule has 1 aromatic carbocycles. The second-order valence-electron chi connectivity index (χ2n) is 5.83. The van der Waals surface area contributed by atoms with Crippen LogP contribution in [0.4, 0.5) is 17.6 Å². The number of nitrogen functional groups attached to an aromatic ring is 1. The van der Waals surface area contributed by atoms with Gasteiger partial charge in [-0.25, -0.2) is 9.97 Å². The minimum Gasteiger partial charge on any atom is -0.457 e. The fourth-order valence-corrected chi connectivity index (χ4v) is 4.12. The van der Waals surface area contributed by atoms with E-state index < -0.39 is 5.97 Å². The number of carbonyl (C=O) groups excluding carboxylic acids is 1. The van der Waals surface area contributed by atoms with E-state index in [1.165, 1.54) is 29.4 Å². The first-order valence-corrected chi connectivity index (χ1v) is 10.8. The Morgan fingerprint density at radius 2 is 2.00 bits per heavy atom. The molecule has 0 saturated heterocycles. The van der Waals surface area contributed by atoms with E-state index in [0.717, 1.165) is 20.9 Å². The fraction of sp³-hybridized carbons (Fsp3) is 0.111. The number of thioether (sulfide) groups is 1. The first-order chi connectivity index (χ1) is 14.6. The van der Waals surface area contributed by atoms with Crippen LogP contribution in [0.15, 0.2) is 47.1 Å². The zero-order valence-electron chi connectivity index (χ0n) is 15.3. The number of anilines is 3. The summed E-state index contributed by atoms with van der Waals surface area (Å²) in [5.74, 6) is 0.167. The van der Waals surface area contributed by atoms with Gasteiger partial charge in [0.15, 0.2) is 12.4 Å². The van der Waals surface area contributed by atoms with E-state index in [-0.39, 0.29) is 30.1 Å². The Morgan fingerprint density at radius 3 is 2.83 bits per heavy atom. The summed E-state index contributed by atoms with van der Waals surface area (Å²) in [5.41, 5.74) is 6.47. The fourth-order valence-electron chi connectivity index (χ4n) is 2.42. The summed E-state index contributed by atoms with van der Waals surface area (Å²) in [6, 6.07) is 8.94. The van der Waals surface area contributed by atoms with Crippen LogP contribution in [0.1, 0.15) is 5.82 Å². The number of carbonyl (C=O) groups is 1. The van der Waals surface area contributed by atoms with Crippen LogP contribution in [0.3, 0.4) is 0 Å². The van der Waals surface area contributed by atoms with Crippen molar-refractivity contribution in [1.82, 2.24) is 24.9 Å². The average molecular weight is 460 g/mol. The number of benzene rings is 1. The van der Waals surface area contributed by atoms with E-state index in [1.54, 1.807) is 24.3 Å². The zero-order valence-corrected chi connectivity index (χ0v) is 17.7. The number of hydrogen-bond acceptors (Lipinski definition) is 11. The van der Waals surface area contributed by atoms with Gasteiger partial charge in [-0.2, -0.15) is 15.0 Å². The molecular formula is C18H14ClN7O2S2. The Balaban J connectivity index is 1.34. The number of nitrogens with zero attached hydrogens (tertiary/aromatic N) is 5. The van der Waals surface area contributed by atoms with Crippen molar-refractivity contribution in [2.45, 2.75) is 11.6 Å². The summed E-state index contributed by atoms with van der Waals surface area (Å²) in [6.07, 6.45) is 1.48. The predicted octanol–water partition coefficient (Wildman–Crippen LogP) is 3.69. The lowest BCUT2D eigenvalue weighted by Gasteiger charge is -2.08. The van der Waals surface area contributed by atoms with E-state index in [0.29, 0.717) is 5.02 Å². The minimum atomic E-state index is -0.423. The van der Waals surface area contributed by atoms with Crippen LogP contribution in [-0.2, 0) is 16.1 Å². The second-order valence-corrected chi connectivity index (χ2v) is 8.13. The monoisotopic (exact) mass is 459 g/mol. The highest BCUT2D eigenvalue weighted by Gasteiger charge is 2.12. The first kappa shape index (κ1) is 20.3. The summed E-state index contributed by atoms with van der Waals surface area (Å²) in [5, 5.41) is 7.20. The topological polar surface area (TPSA) is 129 Å². The molecule has 3 heterocycles. The third-order valence-electron chi connectivity index (χ3n) is 3.71. The van der Waals surface area contributed by atoms with Crippen molar-refractivity contribution in [2.24, 2.45) is 0 Å². The third kappa shape index (κ3) is 5.12. The zero-order chi connectivity index (χ0) is 20.9. The van der Waals surface area contributed by atoms with Crippen molar-refractivity contribution in [1.29, 1.82) is 0 Å². The van der Waals surface area contributed by atoms with E-state index in [1.807, 2.05) is 11.4 Å². The minimum absolute atomic E-state index is 0.0164. The molecule has 0 aliphatic heterocycles. The number of rotatable bonds is 7. The van der Waals surface area contributed by atoms with Crippen LogP contribution in [-0.4, -0.2) is 36.6 Å². The number of fused-ring (bicyclic) bond motifs is 1. The largest absolute Gasteiger partial charge is 0.457 e. The molecule has 0 saturated carbocycles. The number of ether oxygens (including phenoxy) is 1. The lowest BCUT2D eigenvalue weighted by atomic mass is 10.3. The SMILES string of the molecule is Nc1nc(COC(=O)CSc2ncnc3sccc23)nc(Nc2ccc(Cl)cc2)n1. The number of aromatic nitrogens is 5. The molecule has 0 atom stereocenters. The highest BCUT2D eigenvalue weighted by molar-refractivity contribution is 8.00. The number of thiophene rings is 1. The molecule has 0 bridgehead atoms. The molecule has 4 rings (SSSR count). The number of hydrogen-bond donors (Lipinski definition) is 2. The molecule has 0 spiro atoms. The first-order valence-electron chi connectivity index (χ1n) is 8.56. The summed E-state index contributed by atoms with van der Waals surface area (Å²) in [6.45, 7) is -0.126. The molecule has 12 heteroatoms. The molecule has 0 unspecified atom stereocenters. The van der Waals surface area contributed by atoms with Gasteiger partial charge in [0.25, 0.3) is 0 Å². The third-order valence-corrected chi connectivity index (χ3v) is 5.77. The van der Waals surface area contributed by atoms with Crippen molar-refractivity contribution in [3.05, 3.63) is 52.9 Å². The molecule has 30 heavy (non-hydrogen) atoms. The summed E-state index contributed by atoms with van der Waals surface area (Å²) < 4.78 is 5.27. The molecule has 0 amide bonds. The van der Waals surface area contributed by atoms with Crippen LogP contribution < -0.4 is 11.1 Å². The maximum absolute atomic E-state index is 12.1. The Labute approximate surface area is 184 Å². The van der Waals surface area contributed by atoms with E-state index in [2.05, 4.69) is 30.2 Å². The van der Waals surface area contributed by atoms with Crippen molar-refractivity contribution in [3.63, 3.8) is 0 Å². The molecule has 0 fully saturated rings. The molecule has 152 valence electrons. The molecule has 0 radical (unpaired) electrons. The van der Waals surface area contributed by atoms with Gasteiger partial charge >= 0.3 is 5.97 Å². The number of halogens is 1. The van der Waals surface area contributed by atoms with E-state index >= 15 is 0 Å². The Hall–Kier alpha value is -3.02. The van der Waals surface area contributed by atoms with Gasteiger partial charge in [-0.1, -0.05) is 23.4 Å². The maximum atomic E-state index is 12.1. The van der Waals surface area contributed by atoms with Gasteiger partial charge in [-0.05, 0) is 35.7 Å². The van der Waals surface area contributed by atoms with Gasteiger partial charge in [0.05, 0.1) is 5.75 Å².